The third-order valence-corrected chi connectivity index (χ3v) is 3.72. The average Bonchev–Trinajstić information content (AvgIpc) is 2.41. The Hall–Kier alpha value is -1.51. The summed E-state index contributed by atoms with van der Waals surface area (Å²) < 4.78 is 0. The fourth-order valence-electron chi connectivity index (χ4n) is 2.31. The molecule has 0 unspecified atom stereocenters. The van der Waals surface area contributed by atoms with Crippen molar-refractivity contribution >= 4 is 23.0 Å². The smallest absolute Gasteiger partial charge is 0.0646 e. The highest BCUT2D eigenvalue weighted by Crippen LogP contribution is 2.33. The van der Waals surface area contributed by atoms with Gasteiger partial charge in [0, 0.05) is 18.3 Å². The molecule has 0 aromatic heterocycles. The summed E-state index contributed by atoms with van der Waals surface area (Å²) in [5.74, 6) is 0. The van der Waals surface area contributed by atoms with Crippen LogP contribution in [0.5, 0.6) is 0 Å². The van der Waals surface area contributed by atoms with Gasteiger partial charge in [-0.05, 0) is 56.2 Å². The Balaban J connectivity index is 2.42. The van der Waals surface area contributed by atoms with Gasteiger partial charge in [-0.1, -0.05) is 29.8 Å². The molecule has 3 heteroatoms. The normalized spacial score (nSPS) is 12.2. The highest BCUT2D eigenvalue weighted by atomic mass is 35.5. The van der Waals surface area contributed by atoms with Gasteiger partial charge >= 0.3 is 0 Å². The fourth-order valence-corrected chi connectivity index (χ4v) is 2.60. The van der Waals surface area contributed by atoms with Gasteiger partial charge in [-0.3, -0.25) is 0 Å². The van der Waals surface area contributed by atoms with E-state index in [2.05, 4.69) is 43.0 Å². The summed E-state index contributed by atoms with van der Waals surface area (Å²) in [5, 5.41) is 0.739. The fraction of sp³-hybridized carbons (Fsp3) is 0.294. The molecule has 0 saturated carbocycles. The molecule has 0 heterocycles. The molecular formula is C17H21ClN2. The molecule has 0 spiro atoms. The van der Waals surface area contributed by atoms with Gasteiger partial charge < -0.3 is 10.6 Å². The molecule has 0 bridgehead atoms. The topological polar surface area (TPSA) is 29.3 Å². The third kappa shape index (κ3) is 3.14. The van der Waals surface area contributed by atoms with Crippen molar-refractivity contribution < 1.29 is 0 Å². The number of nitrogens with zero attached hydrogens (tertiary/aromatic N) is 1. The molecule has 2 N–H and O–H groups in total. The maximum Gasteiger partial charge on any atom is 0.0646 e. The molecule has 0 aliphatic carbocycles. The van der Waals surface area contributed by atoms with Crippen LogP contribution in [-0.2, 0) is 0 Å². The zero-order valence-corrected chi connectivity index (χ0v) is 13.0. The molecule has 2 aromatic rings. The summed E-state index contributed by atoms with van der Waals surface area (Å²) in [6.07, 6.45) is 0. The van der Waals surface area contributed by atoms with Gasteiger partial charge in [-0.2, -0.15) is 0 Å². The predicted octanol–water partition coefficient (Wildman–Crippen LogP) is 4.83. The highest BCUT2D eigenvalue weighted by Gasteiger charge is 2.12. The van der Waals surface area contributed by atoms with Crippen LogP contribution in [0.15, 0.2) is 42.5 Å². The minimum atomic E-state index is -0.00408. The van der Waals surface area contributed by atoms with Crippen LogP contribution in [0.3, 0.4) is 0 Å². The van der Waals surface area contributed by atoms with Gasteiger partial charge in [0.2, 0.25) is 0 Å². The number of nitrogens with two attached hydrogens (primary N) is 1. The van der Waals surface area contributed by atoms with Crippen LogP contribution in [0.2, 0.25) is 5.02 Å². The number of rotatable bonds is 4. The molecule has 0 aliphatic rings. The average molecular weight is 289 g/mol. The van der Waals surface area contributed by atoms with E-state index in [0.29, 0.717) is 0 Å². The van der Waals surface area contributed by atoms with Crippen LogP contribution < -0.4 is 10.6 Å². The van der Waals surface area contributed by atoms with Crippen LogP contribution in [0.4, 0.5) is 11.4 Å². The Kier molecular flexibility index (Phi) is 4.69. The van der Waals surface area contributed by atoms with Gasteiger partial charge in [0.25, 0.3) is 0 Å². The van der Waals surface area contributed by atoms with Crippen molar-refractivity contribution in [3.63, 3.8) is 0 Å². The minimum Gasteiger partial charge on any atom is -0.341 e. The first-order valence-corrected chi connectivity index (χ1v) is 7.30. The second-order valence-electron chi connectivity index (χ2n) is 5.08. The molecule has 2 rings (SSSR count). The standard InChI is InChI=1S/C17H21ClN2/c1-4-20(15-7-5-6-12(2)10-15)17-9-8-14(13(3)19)11-16(17)18/h5-11,13H,4,19H2,1-3H3/t13-/m1/s1. The Bertz CT molecular complexity index is 593. The van der Waals surface area contributed by atoms with E-state index >= 15 is 0 Å². The molecule has 2 nitrogen and oxygen atoms in total. The highest BCUT2D eigenvalue weighted by molar-refractivity contribution is 6.33. The molecule has 0 radical (unpaired) electrons. The van der Waals surface area contributed by atoms with Crippen molar-refractivity contribution in [2.45, 2.75) is 26.8 Å². The first kappa shape index (κ1) is 14.9. The van der Waals surface area contributed by atoms with Crippen molar-refractivity contribution in [3.8, 4) is 0 Å². The number of hydrogen-bond donors (Lipinski definition) is 1. The molecule has 1 atom stereocenters. The van der Waals surface area contributed by atoms with E-state index in [9.17, 15) is 0 Å². The van der Waals surface area contributed by atoms with Crippen LogP contribution >= 0.6 is 11.6 Å². The Labute approximate surface area is 126 Å². The van der Waals surface area contributed by atoms with Crippen molar-refractivity contribution in [1.29, 1.82) is 0 Å². The van der Waals surface area contributed by atoms with E-state index in [-0.39, 0.29) is 6.04 Å². The number of hydrogen-bond acceptors (Lipinski definition) is 2. The zero-order chi connectivity index (χ0) is 14.7. The molecule has 0 saturated heterocycles. The van der Waals surface area contributed by atoms with Gasteiger partial charge in [0.15, 0.2) is 0 Å². The van der Waals surface area contributed by atoms with E-state index in [4.69, 9.17) is 17.3 Å². The van der Waals surface area contributed by atoms with E-state index in [0.717, 1.165) is 28.5 Å². The van der Waals surface area contributed by atoms with Crippen molar-refractivity contribution in [3.05, 3.63) is 58.6 Å². The summed E-state index contributed by atoms with van der Waals surface area (Å²) in [4.78, 5) is 2.21. The molecule has 0 aliphatic heterocycles. The van der Waals surface area contributed by atoms with Gasteiger partial charge in [-0.15, -0.1) is 0 Å². The summed E-state index contributed by atoms with van der Waals surface area (Å²) in [6.45, 7) is 7.04. The lowest BCUT2D eigenvalue weighted by Gasteiger charge is -2.25. The van der Waals surface area contributed by atoms with Crippen LogP contribution in [0, 0.1) is 6.92 Å². The quantitative estimate of drug-likeness (QED) is 0.873. The molecular weight excluding hydrogens is 268 g/mol. The lowest BCUT2D eigenvalue weighted by Crippen LogP contribution is -2.17. The van der Waals surface area contributed by atoms with E-state index in [1.807, 2.05) is 25.1 Å². The molecule has 20 heavy (non-hydrogen) atoms. The SMILES string of the molecule is CCN(c1cccc(C)c1)c1ccc([C@@H](C)N)cc1Cl. The van der Waals surface area contributed by atoms with E-state index in [1.54, 1.807) is 0 Å². The second kappa shape index (κ2) is 6.29. The van der Waals surface area contributed by atoms with Crippen LogP contribution in [-0.4, -0.2) is 6.54 Å². The van der Waals surface area contributed by atoms with Crippen molar-refractivity contribution in [2.75, 3.05) is 11.4 Å². The number of anilines is 2. The Morgan fingerprint density at radius 1 is 1.20 bits per heavy atom. The summed E-state index contributed by atoms with van der Waals surface area (Å²) >= 11 is 6.44. The van der Waals surface area contributed by atoms with E-state index in [1.165, 1.54) is 5.56 Å². The van der Waals surface area contributed by atoms with Crippen molar-refractivity contribution in [2.24, 2.45) is 5.73 Å². The lowest BCUT2D eigenvalue weighted by molar-refractivity contribution is 0.818. The monoisotopic (exact) mass is 288 g/mol. The Morgan fingerprint density at radius 2 is 1.95 bits per heavy atom. The number of benzene rings is 2. The van der Waals surface area contributed by atoms with Crippen LogP contribution in [0.25, 0.3) is 0 Å². The largest absolute Gasteiger partial charge is 0.341 e. The van der Waals surface area contributed by atoms with Crippen molar-refractivity contribution in [1.82, 2.24) is 0 Å². The number of halogens is 1. The van der Waals surface area contributed by atoms with E-state index < -0.39 is 0 Å². The summed E-state index contributed by atoms with van der Waals surface area (Å²) in [5.41, 5.74) is 10.4. The number of aryl methyl sites for hydroxylation is 1. The zero-order valence-electron chi connectivity index (χ0n) is 12.2. The minimum absolute atomic E-state index is 0.00408. The maximum absolute atomic E-state index is 6.44. The lowest BCUT2D eigenvalue weighted by atomic mass is 10.1. The molecule has 0 amide bonds. The third-order valence-electron chi connectivity index (χ3n) is 3.42. The van der Waals surface area contributed by atoms with Crippen LogP contribution in [0.1, 0.15) is 31.0 Å². The summed E-state index contributed by atoms with van der Waals surface area (Å²) in [6, 6.07) is 14.5. The first-order chi connectivity index (χ1) is 9.52. The summed E-state index contributed by atoms with van der Waals surface area (Å²) in [7, 11) is 0. The maximum atomic E-state index is 6.44. The predicted molar refractivity (Wildman–Crippen MR) is 87.9 cm³/mol. The molecule has 2 aromatic carbocycles. The Morgan fingerprint density at radius 3 is 2.50 bits per heavy atom. The molecule has 106 valence electrons. The first-order valence-electron chi connectivity index (χ1n) is 6.92. The van der Waals surface area contributed by atoms with Gasteiger partial charge in [0.1, 0.15) is 0 Å². The second-order valence-corrected chi connectivity index (χ2v) is 5.49. The van der Waals surface area contributed by atoms with Gasteiger partial charge in [-0.25, -0.2) is 0 Å². The van der Waals surface area contributed by atoms with Gasteiger partial charge in [0.05, 0.1) is 10.7 Å². The molecule has 0 fully saturated rings.